The highest BCUT2D eigenvalue weighted by Crippen LogP contribution is 1.98. The predicted molar refractivity (Wildman–Crippen MR) is 23.4 cm³/mol. The molecule has 0 bridgehead atoms. The van der Waals surface area contributed by atoms with Gasteiger partial charge < -0.3 is 9.52 Å². The van der Waals surface area contributed by atoms with Crippen molar-refractivity contribution in [3.05, 3.63) is 18.1 Å². The minimum atomic E-state index is -1.30. The van der Waals surface area contributed by atoms with E-state index in [0.717, 1.165) is 6.26 Å². The highest BCUT2D eigenvalue weighted by Gasteiger charge is 2.08. The number of carboxylic acids is 1. The van der Waals surface area contributed by atoms with Crippen LogP contribution >= 0.6 is 0 Å². The Labute approximate surface area is 48.9 Å². The van der Waals surface area contributed by atoms with Gasteiger partial charge in [0.15, 0.2) is 5.69 Å². The molecule has 0 spiro atoms. The van der Waals surface area contributed by atoms with E-state index in [0.29, 0.717) is 0 Å². The number of halogens is 1. The number of hydrogen-bond acceptors (Lipinski definition) is 3. The van der Waals surface area contributed by atoms with Gasteiger partial charge in [0.2, 0.25) is 0 Å². The zero-order valence-corrected chi connectivity index (χ0v) is 4.17. The van der Waals surface area contributed by atoms with Gasteiger partial charge in [-0.1, -0.05) is 0 Å². The molecule has 0 aliphatic heterocycles. The van der Waals surface area contributed by atoms with E-state index in [1.165, 1.54) is 0 Å². The third-order valence-electron chi connectivity index (χ3n) is 0.695. The van der Waals surface area contributed by atoms with Crippen LogP contribution in [0.1, 0.15) is 10.5 Å². The maximum absolute atomic E-state index is 11.7. The van der Waals surface area contributed by atoms with Gasteiger partial charge in [-0.05, 0) is 0 Å². The molecule has 0 saturated heterocycles. The number of hydrogen-bond donors (Lipinski definition) is 1. The molecule has 0 amide bonds. The lowest BCUT2D eigenvalue weighted by atomic mass is 10.5. The van der Waals surface area contributed by atoms with Gasteiger partial charge in [0.25, 0.3) is 0 Å². The van der Waals surface area contributed by atoms with Gasteiger partial charge in [0.05, 0.1) is 0 Å². The summed E-state index contributed by atoms with van der Waals surface area (Å²) in [5.74, 6) is -1.30. The third kappa shape index (κ3) is 1.04. The molecule has 0 atom stereocenters. The monoisotopic (exact) mass is 131 g/mol. The first-order valence-electron chi connectivity index (χ1n) is 2.04. The molecule has 0 saturated carbocycles. The van der Waals surface area contributed by atoms with E-state index in [-0.39, 0.29) is 0 Å². The van der Waals surface area contributed by atoms with Crippen molar-refractivity contribution in [2.24, 2.45) is 0 Å². The molecule has 1 heterocycles. The number of oxazole rings is 1. The first-order valence-corrected chi connectivity index (χ1v) is 2.04. The Kier molecular flexibility index (Phi) is 1.18. The summed E-state index contributed by atoms with van der Waals surface area (Å²) >= 11 is 0. The Balaban J connectivity index is 2.98. The second-order valence-electron chi connectivity index (χ2n) is 1.29. The molecule has 0 fully saturated rings. The summed E-state index contributed by atoms with van der Waals surface area (Å²) in [6, 6.07) is 0. The Morgan fingerprint density at radius 3 is 2.78 bits per heavy atom. The summed E-state index contributed by atoms with van der Waals surface area (Å²) in [6.07, 6.45) is -0.398. The van der Waals surface area contributed by atoms with Crippen LogP contribution in [0.15, 0.2) is 10.7 Å². The van der Waals surface area contributed by atoms with E-state index in [9.17, 15) is 9.18 Å². The van der Waals surface area contributed by atoms with Crippen molar-refractivity contribution in [3.63, 3.8) is 0 Å². The molecular formula is C4H2FNO3. The Bertz CT molecular complexity index is 231. The molecule has 0 aliphatic rings. The number of carboxylic acid groups (broad SMARTS) is 1. The SMILES string of the molecule is O=C(O)c1coc(F)n1. The summed E-state index contributed by atoms with van der Waals surface area (Å²) in [5, 5.41) is 8.11. The summed E-state index contributed by atoms with van der Waals surface area (Å²) in [7, 11) is 0. The fraction of sp³-hybridized carbons (Fsp3) is 0. The maximum Gasteiger partial charge on any atom is 0.382 e. The Morgan fingerprint density at radius 2 is 2.56 bits per heavy atom. The van der Waals surface area contributed by atoms with Crippen LogP contribution in [0, 0.1) is 6.14 Å². The van der Waals surface area contributed by atoms with Crippen molar-refractivity contribution >= 4 is 5.97 Å². The molecule has 0 unspecified atom stereocenters. The Hall–Kier alpha value is -1.39. The minimum absolute atomic E-state index is 0.424. The molecular weight excluding hydrogens is 129 g/mol. The first-order chi connectivity index (χ1) is 4.20. The number of aromatic nitrogens is 1. The van der Waals surface area contributed by atoms with Crippen LogP contribution in [-0.4, -0.2) is 16.1 Å². The van der Waals surface area contributed by atoms with Gasteiger partial charge >= 0.3 is 12.1 Å². The van der Waals surface area contributed by atoms with Gasteiger partial charge in [0, 0.05) is 0 Å². The molecule has 48 valence electrons. The van der Waals surface area contributed by atoms with Crippen molar-refractivity contribution in [3.8, 4) is 0 Å². The van der Waals surface area contributed by atoms with Crippen molar-refractivity contribution in [1.82, 2.24) is 4.98 Å². The van der Waals surface area contributed by atoms with Crippen LogP contribution in [-0.2, 0) is 0 Å². The molecule has 4 nitrogen and oxygen atoms in total. The van der Waals surface area contributed by atoms with Gasteiger partial charge in [-0.2, -0.15) is 4.98 Å². The number of nitrogens with zero attached hydrogens (tertiary/aromatic N) is 1. The van der Waals surface area contributed by atoms with Crippen LogP contribution in [0.3, 0.4) is 0 Å². The zero-order chi connectivity index (χ0) is 6.85. The smallest absolute Gasteiger partial charge is 0.382 e. The average molecular weight is 131 g/mol. The van der Waals surface area contributed by atoms with Gasteiger partial charge in [0.1, 0.15) is 6.26 Å². The van der Waals surface area contributed by atoms with Crippen LogP contribution in [0.5, 0.6) is 0 Å². The molecule has 5 heteroatoms. The van der Waals surface area contributed by atoms with Gasteiger partial charge in [-0.25, -0.2) is 4.79 Å². The van der Waals surface area contributed by atoms with Gasteiger partial charge in [-0.3, -0.25) is 0 Å². The summed E-state index contributed by atoms with van der Waals surface area (Å²) in [5.41, 5.74) is -0.424. The number of rotatable bonds is 1. The van der Waals surface area contributed by atoms with E-state index in [4.69, 9.17) is 5.11 Å². The molecule has 1 rings (SSSR count). The van der Waals surface area contributed by atoms with Crippen molar-refractivity contribution < 1.29 is 18.7 Å². The Morgan fingerprint density at radius 1 is 1.89 bits per heavy atom. The van der Waals surface area contributed by atoms with Crippen LogP contribution in [0.4, 0.5) is 4.39 Å². The largest absolute Gasteiger partial charge is 0.476 e. The fourth-order valence-electron chi connectivity index (χ4n) is 0.350. The van der Waals surface area contributed by atoms with E-state index in [1.807, 2.05) is 0 Å². The van der Waals surface area contributed by atoms with E-state index >= 15 is 0 Å². The van der Waals surface area contributed by atoms with Gasteiger partial charge in [-0.15, -0.1) is 4.39 Å². The summed E-state index contributed by atoms with van der Waals surface area (Å²) in [6.45, 7) is 0. The highest BCUT2D eigenvalue weighted by atomic mass is 19.1. The molecule has 0 aromatic carbocycles. The van der Waals surface area contributed by atoms with Crippen LogP contribution in [0.25, 0.3) is 0 Å². The first kappa shape index (κ1) is 5.74. The summed E-state index contributed by atoms with van der Waals surface area (Å²) < 4.78 is 15.7. The van der Waals surface area contributed by atoms with Crippen LogP contribution in [0.2, 0.25) is 0 Å². The quantitative estimate of drug-likeness (QED) is 0.603. The van der Waals surface area contributed by atoms with E-state index < -0.39 is 17.8 Å². The van der Waals surface area contributed by atoms with E-state index in [1.54, 1.807) is 0 Å². The fourth-order valence-corrected chi connectivity index (χ4v) is 0.350. The average Bonchev–Trinajstić information content (AvgIpc) is 2.14. The summed E-state index contributed by atoms with van der Waals surface area (Å²) in [4.78, 5) is 12.8. The number of carbonyl (C=O) groups is 1. The molecule has 1 aromatic rings. The molecule has 1 N–H and O–H groups in total. The molecule has 0 radical (unpaired) electrons. The standard InChI is InChI=1S/C4H2FNO3/c5-4-6-2(1-9-4)3(7)8/h1H,(H,7,8). The van der Waals surface area contributed by atoms with Crippen molar-refractivity contribution in [1.29, 1.82) is 0 Å². The lowest BCUT2D eigenvalue weighted by molar-refractivity contribution is 0.0690. The normalized spacial score (nSPS) is 9.44. The predicted octanol–water partition coefficient (Wildman–Crippen LogP) is 0.512. The maximum atomic E-state index is 11.7. The minimum Gasteiger partial charge on any atom is -0.476 e. The highest BCUT2D eigenvalue weighted by molar-refractivity contribution is 5.84. The topological polar surface area (TPSA) is 63.3 Å². The second-order valence-corrected chi connectivity index (χ2v) is 1.29. The zero-order valence-electron chi connectivity index (χ0n) is 4.17. The number of aromatic carboxylic acids is 1. The molecule has 1 aromatic heterocycles. The van der Waals surface area contributed by atoms with E-state index in [2.05, 4.69) is 9.40 Å². The lowest BCUT2D eigenvalue weighted by Crippen LogP contribution is -1.95. The second kappa shape index (κ2) is 1.85. The van der Waals surface area contributed by atoms with Crippen molar-refractivity contribution in [2.75, 3.05) is 0 Å². The molecule has 0 aliphatic carbocycles. The molecule has 9 heavy (non-hydrogen) atoms. The third-order valence-corrected chi connectivity index (χ3v) is 0.695. The lowest BCUT2D eigenvalue weighted by Gasteiger charge is -1.75. The van der Waals surface area contributed by atoms with Crippen LogP contribution < -0.4 is 0 Å². The van der Waals surface area contributed by atoms with Crippen molar-refractivity contribution in [2.45, 2.75) is 0 Å².